The fourth-order valence-electron chi connectivity index (χ4n) is 5.25. The Balaban J connectivity index is 1.60. The van der Waals surface area contributed by atoms with Crippen molar-refractivity contribution in [2.75, 3.05) is 24.6 Å². The summed E-state index contributed by atoms with van der Waals surface area (Å²) in [6.07, 6.45) is 0.196. The Hall–Kier alpha value is -2.51. The minimum atomic E-state index is -1.67. The number of nitrogens with zero attached hydrogens (tertiary/aromatic N) is 2. The van der Waals surface area contributed by atoms with E-state index in [4.69, 9.17) is 15.5 Å². The molecule has 3 heterocycles. The van der Waals surface area contributed by atoms with Gasteiger partial charge in [-0.3, -0.25) is 9.59 Å². The van der Waals surface area contributed by atoms with Gasteiger partial charge in [-0.05, 0) is 49.3 Å². The summed E-state index contributed by atoms with van der Waals surface area (Å²) in [6.45, 7) is 7.74. The van der Waals surface area contributed by atoms with Crippen LogP contribution >= 0.6 is 0 Å². The third kappa shape index (κ3) is 3.59. The Kier molecular flexibility index (Phi) is 5.52. The number of para-hydroxylation sites is 1. The first kappa shape index (κ1) is 21.7. The molecule has 0 radical (unpaired) electrons. The fraction of sp³-hybridized carbons (Fsp3) is 0.542. The van der Waals surface area contributed by atoms with Crippen LogP contribution in [0.2, 0.25) is 0 Å². The molecule has 0 bridgehead atoms. The summed E-state index contributed by atoms with van der Waals surface area (Å²) in [5, 5.41) is 11.1. The standard InChI is InChI=1S/C24H31N3O4/c1-15-6-4-7-16-8-9-18(26-19(15)16)27-12-10-17(23(2,3)14-27)20(28)24(22(29)30)11-5-13-31-21(24)25/h4,6-9,17,21H,5,10-14,25H2,1-3H3,(H,29,30). The molecule has 0 amide bonds. The number of rotatable bonds is 4. The SMILES string of the molecule is Cc1cccc2ccc(N3CCC(C(=O)C4(C(=O)O)CCCOC4N)C(C)(C)C3)nc12. The van der Waals surface area contributed by atoms with Crippen LogP contribution in [0.15, 0.2) is 30.3 Å². The van der Waals surface area contributed by atoms with E-state index in [-0.39, 0.29) is 12.2 Å². The van der Waals surface area contributed by atoms with Crippen LogP contribution < -0.4 is 10.6 Å². The number of carboxylic acids is 1. The molecule has 0 spiro atoms. The second-order valence-corrected chi connectivity index (χ2v) is 9.60. The lowest BCUT2D eigenvalue weighted by atomic mass is 9.63. The number of carbonyl (C=O) groups excluding carboxylic acids is 1. The third-order valence-corrected chi connectivity index (χ3v) is 7.10. The number of aliphatic carboxylic acids is 1. The van der Waals surface area contributed by atoms with Crippen LogP contribution in [0.25, 0.3) is 10.9 Å². The predicted octanol–water partition coefficient (Wildman–Crippen LogP) is 3.13. The molecule has 2 saturated heterocycles. The highest BCUT2D eigenvalue weighted by atomic mass is 16.5. The van der Waals surface area contributed by atoms with E-state index < -0.39 is 28.9 Å². The molecule has 2 aliphatic heterocycles. The Bertz CT molecular complexity index is 1020. The van der Waals surface area contributed by atoms with E-state index in [1.807, 2.05) is 26.0 Å². The summed E-state index contributed by atoms with van der Waals surface area (Å²) < 4.78 is 5.43. The van der Waals surface area contributed by atoms with Gasteiger partial charge in [-0.25, -0.2) is 4.98 Å². The van der Waals surface area contributed by atoms with Crippen molar-refractivity contribution >= 4 is 28.5 Å². The van der Waals surface area contributed by atoms with Crippen molar-refractivity contribution in [2.24, 2.45) is 22.5 Å². The second-order valence-electron chi connectivity index (χ2n) is 9.60. The molecule has 3 unspecified atom stereocenters. The van der Waals surface area contributed by atoms with Gasteiger partial charge < -0.3 is 20.5 Å². The van der Waals surface area contributed by atoms with E-state index >= 15 is 0 Å². The molecule has 3 atom stereocenters. The first-order valence-electron chi connectivity index (χ1n) is 10.9. The zero-order valence-corrected chi connectivity index (χ0v) is 18.4. The van der Waals surface area contributed by atoms with Crippen molar-refractivity contribution in [1.82, 2.24) is 4.98 Å². The van der Waals surface area contributed by atoms with Crippen molar-refractivity contribution in [3.05, 3.63) is 35.9 Å². The molecule has 4 rings (SSSR count). The minimum absolute atomic E-state index is 0.226. The van der Waals surface area contributed by atoms with Gasteiger partial charge in [0.25, 0.3) is 0 Å². The Labute approximate surface area is 182 Å². The molecule has 3 N–H and O–H groups in total. The number of benzene rings is 1. The number of carbonyl (C=O) groups is 2. The largest absolute Gasteiger partial charge is 0.480 e. The lowest BCUT2D eigenvalue weighted by molar-refractivity contribution is -0.177. The lowest BCUT2D eigenvalue weighted by Crippen LogP contribution is -2.61. The van der Waals surface area contributed by atoms with Crippen molar-refractivity contribution in [3.8, 4) is 0 Å². The molecule has 1 aromatic carbocycles. The van der Waals surface area contributed by atoms with E-state index in [0.717, 1.165) is 22.3 Å². The fourth-order valence-corrected chi connectivity index (χ4v) is 5.25. The molecule has 0 saturated carbocycles. The highest BCUT2D eigenvalue weighted by Gasteiger charge is 2.57. The van der Waals surface area contributed by atoms with Crippen LogP contribution in [-0.4, -0.2) is 47.8 Å². The number of anilines is 1. The molecule has 2 fully saturated rings. The van der Waals surface area contributed by atoms with Gasteiger partial charge in [0.05, 0.1) is 5.52 Å². The summed E-state index contributed by atoms with van der Waals surface area (Å²) in [6, 6.07) is 10.2. The van der Waals surface area contributed by atoms with E-state index in [0.29, 0.717) is 32.5 Å². The van der Waals surface area contributed by atoms with Gasteiger partial charge >= 0.3 is 5.97 Å². The monoisotopic (exact) mass is 425 g/mol. The summed E-state index contributed by atoms with van der Waals surface area (Å²) in [5.41, 5.74) is 6.05. The topological polar surface area (TPSA) is 106 Å². The first-order chi connectivity index (χ1) is 14.7. The van der Waals surface area contributed by atoms with Gasteiger partial charge in [-0.1, -0.05) is 32.0 Å². The van der Waals surface area contributed by atoms with Crippen LogP contribution in [-0.2, 0) is 14.3 Å². The minimum Gasteiger partial charge on any atom is -0.480 e. The molecule has 2 aromatic rings. The van der Waals surface area contributed by atoms with Crippen molar-refractivity contribution in [3.63, 3.8) is 0 Å². The molecule has 2 aliphatic rings. The number of Topliss-reactive ketones (excluding diaryl/α,β-unsaturated/α-hetero) is 1. The first-order valence-corrected chi connectivity index (χ1v) is 10.9. The molecule has 7 heteroatoms. The average Bonchev–Trinajstić information content (AvgIpc) is 2.73. The van der Waals surface area contributed by atoms with Gasteiger partial charge in [0.1, 0.15) is 12.0 Å². The molecular weight excluding hydrogens is 394 g/mol. The van der Waals surface area contributed by atoms with Crippen LogP contribution in [0.5, 0.6) is 0 Å². The Morgan fingerprint density at radius 2 is 2.03 bits per heavy atom. The highest BCUT2D eigenvalue weighted by molar-refractivity contribution is 6.05. The van der Waals surface area contributed by atoms with E-state index in [2.05, 4.69) is 30.0 Å². The van der Waals surface area contributed by atoms with Crippen LogP contribution in [0.3, 0.4) is 0 Å². The molecular formula is C24H31N3O4. The van der Waals surface area contributed by atoms with Crippen molar-refractivity contribution in [2.45, 2.75) is 46.3 Å². The quantitative estimate of drug-likeness (QED) is 0.725. The smallest absolute Gasteiger partial charge is 0.321 e. The number of pyridine rings is 1. The molecule has 31 heavy (non-hydrogen) atoms. The van der Waals surface area contributed by atoms with Gasteiger partial charge in [-0.15, -0.1) is 0 Å². The number of aromatic nitrogens is 1. The number of ketones is 1. The van der Waals surface area contributed by atoms with Gasteiger partial charge in [0.15, 0.2) is 11.2 Å². The maximum absolute atomic E-state index is 13.6. The molecule has 1 aromatic heterocycles. The third-order valence-electron chi connectivity index (χ3n) is 7.10. The maximum atomic E-state index is 13.6. The number of hydrogen-bond acceptors (Lipinski definition) is 6. The number of nitrogens with two attached hydrogens (primary N) is 1. The maximum Gasteiger partial charge on any atom is 0.321 e. The Morgan fingerprint density at radius 1 is 1.26 bits per heavy atom. The Morgan fingerprint density at radius 3 is 2.71 bits per heavy atom. The van der Waals surface area contributed by atoms with Gasteiger partial charge in [0.2, 0.25) is 0 Å². The summed E-state index contributed by atoms with van der Waals surface area (Å²) in [4.78, 5) is 32.9. The zero-order valence-electron chi connectivity index (χ0n) is 18.4. The van der Waals surface area contributed by atoms with Crippen molar-refractivity contribution in [1.29, 1.82) is 0 Å². The molecule has 0 aliphatic carbocycles. The van der Waals surface area contributed by atoms with Gasteiger partial charge in [-0.2, -0.15) is 0 Å². The molecule has 7 nitrogen and oxygen atoms in total. The number of piperidine rings is 1. The summed E-state index contributed by atoms with van der Waals surface area (Å²) >= 11 is 0. The normalized spacial score (nSPS) is 28.5. The van der Waals surface area contributed by atoms with E-state index in [9.17, 15) is 14.7 Å². The van der Waals surface area contributed by atoms with Crippen LogP contribution in [0.4, 0.5) is 5.82 Å². The second kappa shape index (κ2) is 7.88. The van der Waals surface area contributed by atoms with Crippen molar-refractivity contribution < 1.29 is 19.4 Å². The van der Waals surface area contributed by atoms with Gasteiger partial charge in [0, 0.05) is 31.0 Å². The average molecular weight is 426 g/mol. The number of hydrogen-bond donors (Lipinski definition) is 2. The number of carboxylic acid groups (broad SMARTS) is 1. The van der Waals surface area contributed by atoms with Crippen LogP contribution in [0, 0.1) is 23.7 Å². The number of fused-ring (bicyclic) bond motifs is 1. The number of aryl methyl sites for hydroxylation is 1. The number of ether oxygens (including phenoxy) is 1. The lowest BCUT2D eigenvalue weighted by Gasteiger charge is -2.48. The summed E-state index contributed by atoms with van der Waals surface area (Å²) in [5.74, 6) is -0.991. The van der Waals surface area contributed by atoms with E-state index in [1.54, 1.807) is 0 Å². The predicted molar refractivity (Wildman–Crippen MR) is 119 cm³/mol. The zero-order chi connectivity index (χ0) is 22.4. The summed E-state index contributed by atoms with van der Waals surface area (Å²) in [7, 11) is 0. The van der Waals surface area contributed by atoms with Crippen LogP contribution in [0.1, 0.15) is 38.7 Å². The molecule has 166 valence electrons. The van der Waals surface area contributed by atoms with E-state index in [1.165, 1.54) is 0 Å². The highest BCUT2D eigenvalue weighted by Crippen LogP contribution is 2.44.